The van der Waals surface area contributed by atoms with Gasteiger partial charge in [0.2, 0.25) is 35.6 Å². The Balaban J connectivity index is 3.00. The number of rotatable bonds is 7. The van der Waals surface area contributed by atoms with E-state index in [9.17, 15) is 14.4 Å². The van der Waals surface area contributed by atoms with E-state index in [1.807, 2.05) is 6.92 Å². The molecule has 1 aromatic heterocycles. The second-order valence-electron chi connectivity index (χ2n) is 4.41. The first-order valence-electron chi connectivity index (χ1n) is 7.14. The summed E-state index contributed by atoms with van der Waals surface area (Å²) in [5.41, 5.74) is 0. The molecule has 0 saturated heterocycles. The second-order valence-corrected chi connectivity index (χ2v) is 4.41. The van der Waals surface area contributed by atoms with Crippen LogP contribution in [0.3, 0.4) is 0 Å². The smallest absolute Gasteiger partial charge is 0.236 e. The second kappa shape index (κ2) is 8.65. The fourth-order valence-corrected chi connectivity index (χ4v) is 1.38. The molecular formula is C13H20N6O3. The number of amides is 3. The normalized spacial score (nSPS) is 9.95. The summed E-state index contributed by atoms with van der Waals surface area (Å²) in [6, 6.07) is 0. The Labute approximate surface area is 128 Å². The van der Waals surface area contributed by atoms with Gasteiger partial charge in [-0.15, -0.1) is 0 Å². The van der Waals surface area contributed by atoms with E-state index in [1.54, 1.807) is 13.8 Å². The number of nitrogens with one attached hydrogen (secondary N) is 3. The Kier molecular flexibility index (Phi) is 6.87. The molecule has 0 saturated carbocycles. The molecule has 0 bridgehead atoms. The number of carbonyl (C=O) groups is 3. The van der Waals surface area contributed by atoms with Gasteiger partial charge in [0.05, 0.1) is 0 Å². The van der Waals surface area contributed by atoms with Gasteiger partial charge in [-0.2, -0.15) is 15.0 Å². The molecule has 1 heterocycles. The predicted molar refractivity (Wildman–Crippen MR) is 81.2 cm³/mol. The molecule has 0 aliphatic carbocycles. The van der Waals surface area contributed by atoms with Crippen molar-refractivity contribution >= 4 is 35.6 Å². The molecule has 0 aromatic carbocycles. The Morgan fingerprint density at radius 1 is 0.727 bits per heavy atom. The third-order valence-electron chi connectivity index (χ3n) is 2.51. The van der Waals surface area contributed by atoms with Gasteiger partial charge in [0.25, 0.3) is 0 Å². The van der Waals surface area contributed by atoms with Crippen LogP contribution in [0.2, 0.25) is 0 Å². The van der Waals surface area contributed by atoms with Crippen molar-refractivity contribution in [2.24, 2.45) is 0 Å². The maximum atomic E-state index is 11.6. The van der Waals surface area contributed by atoms with Crippen LogP contribution in [-0.4, -0.2) is 32.7 Å². The third kappa shape index (κ3) is 5.81. The van der Waals surface area contributed by atoms with E-state index >= 15 is 0 Å². The van der Waals surface area contributed by atoms with Crippen LogP contribution in [-0.2, 0) is 14.4 Å². The van der Waals surface area contributed by atoms with Crippen molar-refractivity contribution < 1.29 is 14.4 Å². The van der Waals surface area contributed by atoms with Crippen LogP contribution in [0.1, 0.15) is 46.5 Å². The van der Waals surface area contributed by atoms with Crippen LogP contribution in [0.25, 0.3) is 0 Å². The maximum Gasteiger partial charge on any atom is 0.236 e. The van der Waals surface area contributed by atoms with Crippen LogP contribution < -0.4 is 16.0 Å². The molecule has 9 nitrogen and oxygen atoms in total. The van der Waals surface area contributed by atoms with E-state index in [2.05, 4.69) is 30.9 Å². The van der Waals surface area contributed by atoms with Gasteiger partial charge in [0.1, 0.15) is 0 Å². The molecule has 1 rings (SSSR count). The van der Waals surface area contributed by atoms with Gasteiger partial charge in [-0.1, -0.05) is 20.8 Å². The Morgan fingerprint density at radius 2 is 1.09 bits per heavy atom. The monoisotopic (exact) mass is 308 g/mol. The van der Waals surface area contributed by atoms with E-state index in [0.29, 0.717) is 12.8 Å². The van der Waals surface area contributed by atoms with Crippen LogP contribution in [0.5, 0.6) is 0 Å². The molecule has 22 heavy (non-hydrogen) atoms. The largest absolute Gasteiger partial charge is 0.294 e. The topological polar surface area (TPSA) is 126 Å². The van der Waals surface area contributed by atoms with E-state index in [4.69, 9.17) is 0 Å². The van der Waals surface area contributed by atoms with Crippen LogP contribution in [0.15, 0.2) is 0 Å². The quantitative estimate of drug-likeness (QED) is 0.697. The average Bonchev–Trinajstić information content (AvgIpc) is 2.46. The molecule has 0 aliphatic rings. The van der Waals surface area contributed by atoms with E-state index in [0.717, 1.165) is 0 Å². The molecular weight excluding hydrogens is 288 g/mol. The van der Waals surface area contributed by atoms with Gasteiger partial charge in [-0.25, -0.2) is 0 Å². The first-order valence-corrected chi connectivity index (χ1v) is 7.14. The summed E-state index contributed by atoms with van der Waals surface area (Å²) in [6.07, 6.45) is 1.49. The minimum atomic E-state index is -0.287. The zero-order valence-corrected chi connectivity index (χ0v) is 12.9. The number of hydrogen-bond donors (Lipinski definition) is 3. The molecule has 0 atom stereocenters. The van der Waals surface area contributed by atoms with Gasteiger partial charge in [0.15, 0.2) is 0 Å². The standard InChI is InChI=1S/C13H20N6O3/c1-4-7-10(22)16-13-18-11(14-8(20)5-2)17-12(19-13)15-9(21)6-3/h4-7H2,1-3H3,(H3,14,15,16,17,18,19,20,21,22). The molecule has 0 spiro atoms. The van der Waals surface area contributed by atoms with Crippen molar-refractivity contribution in [1.82, 2.24) is 15.0 Å². The summed E-state index contributed by atoms with van der Waals surface area (Å²) < 4.78 is 0. The molecule has 9 heteroatoms. The summed E-state index contributed by atoms with van der Waals surface area (Å²) in [6.45, 7) is 5.23. The number of hydrogen-bond acceptors (Lipinski definition) is 6. The Hall–Kier alpha value is -2.58. The lowest BCUT2D eigenvalue weighted by atomic mass is 10.3. The van der Waals surface area contributed by atoms with Crippen molar-refractivity contribution in [2.75, 3.05) is 16.0 Å². The molecule has 1 aromatic rings. The maximum absolute atomic E-state index is 11.6. The highest BCUT2D eigenvalue weighted by atomic mass is 16.2. The third-order valence-corrected chi connectivity index (χ3v) is 2.51. The summed E-state index contributed by atoms with van der Waals surface area (Å²) >= 11 is 0. The number of anilines is 3. The first kappa shape index (κ1) is 17.5. The molecule has 0 unspecified atom stereocenters. The van der Waals surface area contributed by atoms with Gasteiger partial charge in [-0.05, 0) is 6.42 Å². The summed E-state index contributed by atoms with van der Waals surface area (Å²) in [5.74, 6) is -0.907. The van der Waals surface area contributed by atoms with Crippen molar-refractivity contribution in [1.29, 1.82) is 0 Å². The van der Waals surface area contributed by atoms with Crippen LogP contribution in [0.4, 0.5) is 17.8 Å². The molecule has 3 N–H and O–H groups in total. The zero-order chi connectivity index (χ0) is 16.5. The molecule has 120 valence electrons. The fraction of sp³-hybridized carbons (Fsp3) is 0.538. The van der Waals surface area contributed by atoms with Crippen LogP contribution >= 0.6 is 0 Å². The number of carbonyl (C=O) groups excluding carboxylic acids is 3. The molecule has 0 fully saturated rings. The number of aromatic nitrogens is 3. The molecule has 3 amide bonds. The number of nitrogens with zero attached hydrogens (tertiary/aromatic N) is 3. The minimum absolute atomic E-state index is 0.0220. The van der Waals surface area contributed by atoms with Crippen molar-refractivity contribution in [2.45, 2.75) is 46.5 Å². The predicted octanol–water partition coefficient (Wildman–Crippen LogP) is 1.31. The van der Waals surface area contributed by atoms with Crippen molar-refractivity contribution in [3.63, 3.8) is 0 Å². The van der Waals surface area contributed by atoms with Crippen LogP contribution in [0, 0.1) is 0 Å². The van der Waals surface area contributed by atoms with E-state index in [-0.39, 0.29) is 48.4 Å². The van der Waals surface area contributed by atoms with Gasteiger partial charge >= 0.3 is 0 Å². The fourth-order valence-electron chi connectivity index (χ4n) is 1.38. The first-order chi connectivity index (χ1) is 10.5. The van der Waals surface area contributed by atoms with Crippen molar-refractivity contribution in [3.05, 3.63) is 0 Å². The summed E-state index contributed by atoms with van der Waals surface area (Å²) in [4.78, 5) is 46.3. The van der Waals surface area contributed by atoms with Gasteiger partial charge in [0, 0.05) is 19.3 Å². The minimum Gasteiger partial charge on any atom is -0.294 e. The van der Waals surface area contributed by atoms with Gasteiger partial charge in [-0.3, -0.25) is 30.3 Å². The van der Waals surface area contributed by atoms with E-state index < -0.39 is 0 Å². The van der Waals surface area contributed by atoms with E-state index in [1.165, 1.54) is 0 Å². The lowest BCUT2D eigenvalue weighted by molar-refractivity contribution is -0.116. The highest BCUT2D eigenvalue weighted by Gasteiger charge is 2.12. The summed E-state index contributed by atoms with van der Waals surface area (Å²) in [5, 5.41) is 7.43. The average molecular weight is 308 g/mol. The van der Waals surface area contributed by atoms with Crippen molar-refractivity contribution in [3.8, 4) is 0 Å². The highest BCUT2D eigenvalue weighted by Crippen LogP contribution is 2.10. The lowest BCUT2D eigenvalue weighted by Gasteiger charge is -2.09. The summed E-state index contributed by atoms with van der Waals surface area (Å²) in [7, 11) is 0. The molecule has 0 radical (unpaired) electrons. The molecule has 0 aliphatic heterocycles. The lowest BCUT2D eigenvalue weighted by Crippen LogP contribution is -2.20. The van der Waals surface area contributed by atoms with Gasteiger partial charge < -0.3 is 0 Å². The highest BCUT2D eigenvalue weighted by molar-refractivity contribution is 5.92. The SMILES string of the molecule is CCCC(=O)Nc1nc(NC(=O)CC)nc(NC(=O)CC)n1. The zero-order valence-electron chi connectivity index (χ0n) is 12.9. The Bertz CT molecular complexity index is 524. The Morgan fingerprint density at radius 3 is 1.41 bits per heavy atom.